The molecule has 0 aliphatic heterocycles. The molecule has 0 atom stereocenters. The Morgan fingerprint density at radius 1 is 1.13 bits per heavy atom. The fourth-order valence-electron chi connectivity index (χ4n) is 1.63. The van der Waals surface area contributed by atoms with Crippen LogP contribution in [0.5, 0.6) is 0 Å². The average molecular weight is 333 g/mol. The first-order valence-corrected chi connectivity index (χ1v) is 8.06. The van der Waals surface area contributed by atoms with Crippen LogP contribution in [0.15, 0.2) is 48.6 Å². The lowest BCUT2D eigenvalue weighted by Crippen LogP contribution is -2.14. The molecule has 0 heterocycles. The quantitative estimate of drug-likeness (QED) is 0.471. The summed E-state index contributed by atoms with van der Waals surface area (Å²) in [6.07, 6.45) is 6.09. The van der Waals surface area contributed by atoms with E-state index in [9.17, 15) is 14.4 Å². The summed E-state index contributed by atoms with van der Waals surface area (Å²) in [6, 6.07) is 6.61. The third-order valence-corrected chi connectivity index (χ3v) is 3.38. The Hall–Kier alpha value is -2.34. The second-order valence-corrected chi connectivity index (χ2v) is 5.44. The van der Waals surface area contributed by atoms with E-state index in [1.807, 2.05) is 0 Å². The van der Waals surface area contributed by atoms with Gasteiger partial charge < -0.3 is 10.1 Å². The maximum Gasteiger partial charge on any atom is 0.340 e. The van der Waals surface area contributed by atoms with E-state index in [0.29, 0.717) is 11.4 Å². The molecule has 0 saturated heterocycles. The number of allylic oxidation sites excluding steroid dienone is 2. The normalized spacial score (nSPS) is 10.9. The van der Waals surface area contributed by atoms with Crippen molar-refractivity contribution in [3.05, 3.63) is 54.1 Å². The Balaban J connectivity index is 2.59. The predicted octanol–water partition coefficient (Wildman–Crippen LogP) is 3.19. The molecule has 0 unspecified atom stereocenters. The summed E-state index contributed by atoms with van der Waals surface area (Å²) in [5, 5.41) is 2.54. The highest BCUT2D eigenvalue weighted by molar-refractivity contribution is 8.14. The largest absolute Gasteiger partial charge is 0.461 e. The Morgan fingerprint density at radius 2 is 1.83 bits per heavy atom. The molecular formula is C17H19NO4S. The second kappa shape index (κ2) is 10.4. The number of benzene rings is 1. The van der Waals surface area contributed by atoms with Crippen molar-refractivity contribution >= 4 is 34.4 Å². The van der Waals surface area contributed by atoms with Crippen molar-refractivity contribution in [3.63, 3.8) is 0 Å². The fraction of sp³-hybridized carbons (Fsp3) is 0.235. The van der Waals surface area contributed by atoms with Crippen LogP contribution in [0.3, 0.4) is 0 Å². The van der Waals surface area contributed by atoms with E-state index in [1.54, 1.807) is 50.3 Å². The van der Waals surface area contributed by atoms with Gasteiger partial charge in [0.2, 0.25) is 11.0 Å². The maximum atomic E-state index is 12.1. The van der Waals surface area contributed by atoms with Crippen LogP contribution in [-0.2, 0) is 14.3 Å². The van der Waals surface area contributed by atoms with Crippen molar-refractivity contribution in [1.82, 2.24) is 0 Å². The van der Waals surface area contributed by atoms with Gasteiger partial charge in [0.25, 0.3) is 0 Å². The zero-order chi connectivity index (χ0) is 17.1. The van der Waals surface area contributed by atoms with Crippen LogP contribution in [-0.4, -0.2) is 29.4 Å². The molecule has 0 fully saturated rings. The van der Waals surface area contributed by atoms with Crippen molar-refractivity contribution in [2.24, 2.45) is 0 Å². The van der Waals surface area contributed by atoms with Gasteiger partial charge in [-0.25, -0.2) is 4.79 Å². The highest BCUT2D eigenvalue weighted by Crippen LogP contribution is 2.16. The van der Waals surface area contributed by atoms with Gasteiger partial charge in [-0.1, -0.05) is 36.0 Å². The summed E-state index contributed by atoms with van der Waals surface area (Å²) in [6.45, 7) is 3.60. The number of rotatable bonds is 7. The SMILES string of the molecule is C/C=C/C(=O)Nc1ccccc1C(=O)OCCSC(=O)/C=C/C. The number of anilines is 1. The van der Waals surface area contributed by atoms with E-state index >= 15 is 0 Å². The standard InChI is InChI=1S/C17H19NO4S/c1-3-7-15(19)18-14-10-6-5-9-13(14)17(21)22-11-12-23-16(20)8-4-2/h3-10H,11-12H2,1-2H3,(H,18,19)/b7-3+,8-4+. The van der Waals surface area contributed by atoms with E-state index in [1.165, 1.54) is 12.2 Å². The molecule has 1 aromatic carbocycles. The number of para-hydroxylation sites is 1. The lowest BCUT2D eigenvalue weighted by atomic mass is 10.2. The van der Waals surface area contributed by atoms with Crippen LogP contribution in [0.2, 0.25) is 0 Å². The summed E-state index contributed by atoms with van der Waals surface area (Å²) in [5.41, 5.74) is 0.661. The lowest BCUT2D eigenvalue weighted by Gasteiger charge is -2.09. The van der Waals surface area contributed by atoms with Crippen molar-refractivity contribution in [2.75, 3.05) is 17.7 Å². The van der Waals surface area contributed by atoms with Crippen LogP contribution < -0.4 is 5.32 Å². The number of thioether (sulfide) groups is 1. The monoisotopic (exact) mass is 333 g/mol. The Kier molecular flexibility index (Phi) is 8.46. The van der Waals surface area contributed by atoms with Gasteiger partial charge in [0.15, 0.2) is 0 Å². The number of nitrogens with one attached hydrogen (secondary N) is 1. The van der Waals surface area contributed by atoms with Crippen molar-refractivity contribution in [2.45, 2.75) is 13.8 Å². The van der Waals surface area contributed by atoms with Crippen molar-refractivity contribution in [1.29, 1.82) is 0 Å². The number of ether oxygens (including phenoxy) is 1. The minimum atomic E-state index is -0.541. The summed E-state index contributed by atoms with van der Waals surface area (Å²) in [7, 11) is 0. The van der Waals surface area contributed by atoms with Crippen LogP contribution in [0.1, 0.15) is 24.2 Å². The number of hydrogen-bond donors (Lipinski definition) is 1. The number of amides is 1. The van der Waals surface area contributed by atoms with Crippen LogP contribution in [0.25, 0.3) is 0 Å². The highest BCUT2D eigenvalue weighted by atomic mass is 32.2. The molecule has 5 nitrogen and oxygen atoms in total. The van der Waals surface area contributed by atoms with Gasteiger partial charge in [-0.2, -0.15) is 0 Å². The minimum Gasteiger partial charge on any atom is -0.461 e. The van der Waals surface area contributed by atoms with E-state index in [-0.39, 0.29) is 23.2 Å². The van der Waals surface area contributed by atoms with Gasteiger partial charge in [0.05, 0.1) is 11.3 Å². The van der Waals surface area contributed by atoms with Gasteiger partial charge in [0, 0.05) is 5.75 Å². The number of carbonyl (C=O) groups is 3. The zero-order valence-corrected chi connectivity index (χ0v) is 13.9. The summed E-state index contributed by atoms with van der Waals surface area (Å²) >= 11 is 1.08. The van der Waals surface area contributed by atoms with Crippen LogP contribution in [0.4, 0.5) is 5.69 Å². The van der Waals surface area contributed by atoms with E-state index in [0.717, 1.165) is 11.8 Å². The third kappa shape index (κ3) is 6.97. The molecule has 6 heteroatoms. The topological polar surface area (TPSA) is 72.5 Å². The zero-order valence-electron chi connectivity index (χ0n) is 13.1. The summed E-state index contributed by atoms with van der Waals surface area (Å²) < 4.78 is 5.13. The van der Waals surface area contributed by atoms with E-state index < -0.39 is 5.97 Å². The lowest BCUT2D eigenvalue weighted by molar-refractivity contribution is -0.112. The molecule has 1 rings (SSSR count). The molecule has 0 aromatic heterocycles. The molecular weight excluding hydrogens is 314 g/mol. The molecule has 0 radical (unpaired) electrons. The van der Waals surface area contributed by atoms with Gasteiger partial charge >= 0.3 is 5.97 Å². The fourth-order valence-corrected chi connectivity index (χ4v) is 2.23. The average Bonchev–Trinajstić information content (AvgIpc) is 2.52. The Bertz CT molecular complexity index is 623. The number of carbonyl (C=O) groups excluding carboxylic acids is 3. The first-order valence-electron chi connectivity index (χ1n) is 7.07. The minimum absolute atomic E-state index is 0.0810. The molecule has 0 spiro atoms. The smallest absolute Gasteiger partial charge is 0.340 e. The van der Waals surface area contributed by atoms with Gasteiger partial charge in [-0.05, 0) is 38.1 Å². The summed E-state index contributed by atoms with van der Waals surface area (Å²) in [4.78, 5) is 34.9. The van der Waals surface area contributed by atoms with Crippen LogP contribution >= 0.6 is 11.8 Å². The summed E-state index contributed by atoms with van der Waals surface area (Å²) in [5.74, 6) is -0.483. The molecule has 1 N–H and O–H groups in total. The molecule has 0 aliphatic rings. The van der Waals surface area contributed by atoms with Gasteiger partial charge in [0.1, 0.15) is 6.61 Å². The van der Waals surface area contributed by atoms with Gasteiger partial charge in [-0.3, -0.25) is 9.59 Å². The second-order valence-electron chi connectivity index (χ2n) is 4.34. The molecule has 0 bridgehead atoms. The molecule has 0 saturated carbocycles. The van der Waals surface area contributed by atoms with E-state index in [2.05, 4.69) is 5.32 Å². The highest BCUT2D eigenvalue weighted by Gasteiger charge is 2.13. The molecule has 1 amide bonds. The van der Waals surface area contributed by atoms with Crippen LogP contribution in [0, 0.1) is 0 Å². The molecule has 122 valence electrons. The predicted molar refractivity (Wildman–Crippen MR) is 92.4 cm³/mol. The number of hydrogen-bond acceptors (Lipinski definition) is 5. The third-order valence-electron chi connectivity index (χ3n) is 2.59. The van der Waals surface area contributed by atoms with Gasteiger partial charge in [-0.15, -0.1) is 0 Å². The Labute approximate surface area is 139 Å². The first-order chi connectivity index (χ1) is 11.1. The molecule has 0 aliphatic carbocycles. The Morgan fingerprint density at radius 3 is 2.52 bits per heavy atom. The van der Waals surface area contributed by atoms with E-state index in [4.69, 9.17) is 4.74 Å². The maximum absolute atomic E-state index is 12.1. The van der Waals surface area contributed by atoms with Crippen molar-refractivity contribution < 1.29 is 19.1 Å². The molecule has 23 heavy (non-hydrogen) atoms. The molecule has 1 aromatic rings. The number of esters is 1. The van der Waals surface area contributed by atoms with Crippen molar-refractivity contribution in [3.8, 4) is 0 Å². The first kappa shape index (κ1) is 18.7.